The molecule has 1 saturated carbocycles. The summed E-state index contributed by atoms with van der Waals surface area (Å²) in [7, 11) is 1.73. The van der Waals surface area contributed by atoms with Crippen LogP contribution in [0.15, 0.2) is 23.1 Å². The van der Waals surface area contributed by atoms with Crippen LogP contribution in [0.5, 0.6) is 0 Å². The number of hydrogen-bond acceptors (Lipinski definition) is 3. The number of anilines is 1. The Balaban J connectivity index is 1.94. The predicted octanol–water partition coefficient (Wildman–Crippen LogP) is 1.88. The van der Waals surface area contributed by atoms with Crippen molar-refractivity contribution < 1.29 is 9.90 Å². The summed E-state index contributed by atoms with van der Waals surface area (Å²) in [5.74, 6) is 0.147. The minimum absolute atomic E-state index is 0.0841. The van der Waals surface area contributed by atoms with E-state index in [2.05, 4.69) is 5.32 Å². The molecular formula is C16H25N3O3. The monoisotopic (exact) mass is 307 g/mol. The fourth-order valence-corrected chi connectivity index (χ4v) is 2.91. The van der Waals surface area contributed by atoms with E-state index >= 15 is 0 Å². The highest BCUT2D eigenvalue weighted by Crippen LogP contribution is 2.25. The van der Waals surface area contributed by atoms with E-state index in [1.54, 1.807) is 28.8 Å². The van der Waals surface area contributed by atoms with Crippen LogP contribution in [-0.4, -0.2) is 40.3 Å². The minimum atomic E-state index is -0.314. The maximum Gasteiger partial charge on any atom is 0.321 e. The molecule has 1 aromatic heterocycles. The van der Waals surface area contributed by atoms with Gasteiger partial charge in [-0.25, -0.2) is 4.79 Å². The number of rotatable bonds is 4. The lowest BCUT2D eigenvalue weighted by Crippen LogP contribution is -2.40. The second-order valence-corrected chi connectivity index (χ2v) is 5.96. The molecule has 2 N–H and O–H groups in total. The van der Waals surface area contributed by atoms with E-state index in [9.17, 15) is 14.7 Å². The normalized spacial score (nSPS) is 21.4. The minimum Gasteiger partial charge on any atom is -0.393 e. The Morgan fingerprint density at radius 3 is 2.82 bits per heavy atom. The highest BCUT2D eigenvalue weighted by Gasteiger charge is 2.25. The van der Waals surface area contributed by atoms with Gasteiger partial charge in [0.05, 0.1) is 11.8 Å². The number of aliphatic hydroxyl groups excluding tert-OH is 1. The number of carbonyl (C=O) groups excluding carboxylic acids is 1. The summed E-state index contributed by atoms with van der Waals surface area (Å²) >= 11 is 0. The smallest absolute Gasteiger partial charge is 0.321 e. The molecule has 0 bridgehead atoms. The molecule has 6 heteroatoms. The molecule has 1 aliphatic rings. The van der Waals surface area contributed by atoms with E-state index in [4.69, 9.17) is 0 Å². The van der Waals surface area contributed by atoms with E-state index in [1.807, 2.05) is 6.92 Å². The van der Waals surface area contributed by atoms with Gasteiger partial charge in [0.1, 0.15) is 0 Å². The molecule has 0 spiro atoms. The van der Waals surface area contributed by atoms with Gasteiger partial charge in [-0.3, -0.25) is 4.79 Å². The number of aryl methyl sites for hydroxylation is 1. The first-order chi connectivity index (χ1) is 10.5. The van der Waals surface area contributed by atoms with Crippen LogP contribution in [0, 0.1) is 5.92 Å². The number of aliphatic hydroxyl groups is 1. The molecule has 0 radical (unpaired) electrons. The first-order valence-electron chi connectivity index (χ1n) is 7.92. The molecule has 0 saturated heterocycles. The molecule has 122 valence electrons. The van der Waals surface area contributed by atoms with E-state index < -0.39 is 0 Å². The quantitative estimate of drug-likeness (QED) is 0.892. The van der Waals surface area contributed by atoms with Crippen LogP contribution in [0.4, 0.5) is 10.5 Å². The van der Waals surface area contributed by atoms with E-state index in [1.165, 1.54) is 6.07 Å². The third-order valence-electron chi connectivity index (χ3n) is 4.30. The summed E-state index contributed by atoms with van der Waals surface area (Å²) in [6.07, 6.45) is 5.28. The van der Waals surface area contributed by atoms with Gasteiger partial charge in [0.2, 0.25) is 0 Å². The van der Waals surface area contributed by atoms with Crippen LogP contribution in [0.2, 0.25) is 0 Å². The SMILES string of the molecule is CCn1cc(NC(=O)N(C)CC2CCCCC2O)ccc1=O. The first kappa shape index (κ1) is 16.5. The summed E-state index contributed by atoms with van der Waals surface area (Å²) in [5, 5.41) is 12.8. The van der Waals surface area contributed by atoms with Gasteiger partial charge in [-0.15, -0.1) is 0 Å². The molecule has 22 heavy (non-hydrogen) atoms. The van der Waals surface area contributed by atoms with Crippen LogP contribution >= 0.6 is 0 Å². The van der Waals surface area contributed by atoms with Crippen molar-refractivity contribution in [2.24, 2.45) is 5.92 Å². The van der Waals surface area contributed by atoms with Crippen molar-refractivity contribution in [3.05, 3.63) is 28.7 Å². The first-order valence-corrected chi connectivity index (χ1v) is 7.92. The maximum atomic E-state index is 12.2. The van der Waals surface area contributed by atoms with Gasteiger partial charge in [0, 0.05) is 38.3 Å². The Morgan fingerprint density at radius 2 is 2.14 bits per heavy atom. The largest absolute Gasteiger partial charge is 0.393 e. The molecule has 0 aromatic carbocycles. The van der Waals surface area contributed by atoms with Crippen molar-refractivity contribution in [1.29, 1.82) is 0 Å². The van der Waals surface area contributed by atoms with Gasteiger partial charge in [0.15, 0.2) is 0 Å². The summed E-state index contributed by atoms with van der Waals surface area (Å²) in [4.78, 5) is 25.4. The highest BCUT2D eigenvalue weighted by atomic mass is 16.3. The van der Waals surface area contributed by atoms with Crippen LogP contribution in [0.1, 0.15) is 32.6 Å². The lowest BCUT2D eigenvalue weighted by molar-refractivity contribution is 0.0575. The number of nitrogens with zero attached hydrogens (tertiary/aromatic N) is 2. The van der Waals surface area contributed by atoms with E-state index in [0.29, 0.717) is 18.8 Å². The van der Waals surface area contributed by atoms with Crippen LogP contribution in [-0.2, 0) is 6.54 Å². The topological polar surface area (TPSA) is 74.6 Å². The fraction of sp³-hybridized carbons (Fsp3) is 0.625. The number of hydrogen-bond donors (Lipinski definition) is 2. The van der Waals surface area contributed by atoms with E-state index in [-0.39, 0.29) is 23.6 Å². The molecule has 0 aliphatic heterocycles. The molecule has 2 unspecified atom stereocenters. The molecule has 6 nitrogen and oxygen atoms in total. The highest BCUT2D eigenvalue weighted by molar-refractivity contribution is 5.88. The molecule has 1 heterocycles. The predicted molar refractivity (Wildman–Crippen MR) is 86.0 cm³/mol. The fourth-order valence-electron chi connectivity index (χ4n) is 2.91. The van der Waals surface area contributed by atoms with Crippen molar-refractivity contribution in [3.63, 3.8) is 0 Å². The lowest BCUT2D eigenvalue weighted by Gasteiger charge is -2.31. The number of amides is 2. The van der Waals surface area contributed by atoms with Gasteiger partial charge in [0.25, 0.3) is 5.56 Å². The number of nitrogens with one attached hydrogen (secondary N) is 1. The molecule has 2 amide bonds. The Bertz CT molecular complexity index is 570. The van der Waals surface area contributed by atoms with Gasteiger partial charge in [-0.1, -0.05) is 12.8 Å². The zero-order valence-corrected chi connectivity index (χ0v) is 13.3. The van der Waals surface area contributed by atoms with Gasteiger partial charge < -0.3 is 19.9 Å². The second kappa shape index (κ2) is 7.45. The molecule has 2 rings (SSSR count). The zero-order chi connectivity index (χ0) is 16.1. The Kier molecular flexibility index (Phi) is 5.60. The Hall–Kier alpha value is -1.82. The van der Waals surface area contributed by atoms with E-state index in [0.717, 1.165) is 25.7 Å². The number of carbonyl (C=O) groups is 1. The average Bonchev–Trinajstić information content (AvgIpc) is 2.51. The standard InChI is InChI=1S/C16H25N3O3/c1-3-19-11-13(8-9-15(19)21)17-16(22)18(2)10-12-6-4-5-7-14(12)20/h8-9,11-12,14,20H,3-7,10H2,1-2H3,(H,17,22). The maximum absolute atomic E-state index is 12.2. The zero-order valence-electron chi connectivity index (χ0n) is 13.3. The second-order valence-electron chi connectivity index (χ2n) is 5.96. The number of pyridine rings is 1. The van der Waals surface area contributed by atoms with Crippen LogP contribution in [0.25, 0.3) is 0 Å². The molecule has 2 atom stereocenters. The number of urea groups is 1. The van der Waals surface area contributed by atoms with Crippen molar-refractivity contribution in [2.45, 2.75) is 45.3 Å². The van der Waals surface area contributed by atoms with Crippen LogP contribution < -0.4 is 10.9 Å². The summed E-state index contributed by atoms with van der Waals surface area (Å²) in [6.45, 7) is 2.98. The summed E-state index contributed by atoms with van der Waals surface area (Å²) in [6, 6.07) is 2.83. The summed E-state index contributed by atoms with van der Waals surface area (Å²) < 4.78 is 1.54. The molecule has 1 aliphatic carbocycles. The Morgan fingerprint density at radius 1 is 1.41 bits per heavy atom. The average molecular weight is 307 g/mol. The van der Waals surface area contributed by atoms with Gasteiger partial charge >= 0.3 is 6.03 Å². The van der Waals surface area contributed by atoms with Crippen LogP contribution in [0.3, 0.4) is 0 Å². The third-order valence-corrected chi connectivity index (χ3v) is 4.30. The van der Waals surface area contributed by atoms with Gasteiger partial charge in [-0.05, 0) is 25.8 Å². The van der Waals surface area contributed by atoms with Crippen molar-refractivity contribution in [1.82, 2.24) is 9.47 Å². The van der Waals surface area contributed by atoms with Crippen molar-refractivity contribution >= 4 is 11.7 Å². The lowest BCUT2D eigenvalue weighted by atomic mass is 9.86. The molecular weight excluding hydrogens is 282 g/mol. The third kappa shape index (κ3) is 4.10. The van der Waals surface area contributed by atoms with Gasteiger partial charge in [-0.2, -0.15) is 0 Å². The molecule has 1 aromatic rings. The summed E-state index contributed by atoms with van der Waals surface area (Å²) in [5.41, 5.74) is 0.515. The van der Waals surface area contributed by atoms with Crippen molar-refractivity contribution in [2.75, 3.05) is 18.9 Å². The van der Waals surface area contributed by atoms with Crippen molar-refractivity contribution in [3.8, 4) is 0 Å². The number of aromatic nitrogens is 1. The Labute approximate surface area is 130 Å². The molecule has 1 fully saturated rings.